The third-order valence-corrected chi connectivity index (χ3v) is 3.93. The Morgan fingerprint density at radius 2 is 2.18 bits per heavy atom. The minimum atomic E-state index is -0.861. The van der Waals surface area contributed by atoms with Gasteiger partial charge in [-0.3, -0.25) is 4.79 Å². The Bertz CT molecular complexity index is 553. The number of ether oxygens (including phenoxy) is 3. The molecule has 3 rings (SSSR count). The van der Waals surface area contributed by atoms with E-state index in [9.17, 15) is 9.90 Å². The molecule has 0 aliphatic carbocycles. The van der Waals surface area contributed by atoms with Crippen LogP contribution in [0, 0.1) is 5.92 Å². The van der Waals surface area contributed by atoms with Gasteiger partial charge in [-0.25, -0.2) is 0 Å². The quantitative estimate of drug-likeness (QED) is 0.859. The summed E-state index contributed by atoms with van der Waals surface area (Å²) < 4.78 is 17.0. The molecule has 4 atom stereocenters. The molecule has 2 aliphatic rings. The zero-order valence-corrected chi connectivity index (χ0v) is 12.5. The molecular weight excluding hydrogens is 284 g/mol. The summed E-state index contributed by atoms with van der Waals surface area (Å²) in [5.41, 5.74) is 1.02. The fourth-order valence-corrected chi connectivity index (χ4v) is 2.89. The summed E-state index contributed by atoms with van der Waals surface area (Å²) in [4.78, 5) is 11.1. The van der Waals surface area contributed by atoms with Crippen LogP contribution in [0.25, 0.3) is 0 Å². The lowest BCUT2D eigenvalue weighted by Crippen LogP contribution is -2.49. The van der Waals surface area contributed by atoms with Gasteiger partial charge in [0.1, 0.15) is 18.0 Å². The monoisotopic (exact) mass is 304 g/mol. The van der Waals surface area contributed by atoms with Gasteiger partial charge in [-0.2, -0.15) is 0 Å². The second kappa shape index (κ2) is 6.60. The van der Waals surface area contributed by atoms with Crippen LogP contribution >= 0.6 is 0 Å². The van der Waals surface area contributed by atoms with E-state index in [-0.39, 0.29) is 17.8 Å². The third-order valence-electron chi connectivity index (χ3n) is 3.93. The Balaban J connectivity index is 1.59. The summed E-state index contributed by atoms with van der Waals surface area (Å²) >= 11 is 0. The van der Waals surface area contributed by atoms with Crippen LogP contribution in [0.3, 0.4) is 0 Å². The van der Waals surface area contributed by atoms with Crippen LogP contribution in [0.5, 0.6) is 0 Å². The van der Waals surface area contributed by atoms with E-state index in [1.54, 1.807) is 0 Å². The molecule has 22 heavy (non-hydrogen) atoms. The normalized spacial score (nSPS) is 32.5. The molecule has 2 aliphatic heterocycles. The summed E-state index contributed by atoms with van der Waals surface area (Å²) in [5.74, 6) is 0.631. The van der Waals surface area contributed by atoms with E-state index in [4.69, 9.17) is 14.2 Å². The molecule has 0 unspecified atom stereocenters. The van der Waals surface area contributed by atoms with Crippen LogP contribution in [0.2, 0.25) is 0 Å². The van der Waals surface area contributed by atoms with Gasteiger partial charge in [-0.1, -0.05) is 30.3 Å². The van der Waals surface area contributed by atoms with E-state index in [0.717, 1.165) is 5.56 Å². The fraction of sp³-hybridized carbons (Fsp3) is 0.471. The molecule has 0 bridgehead atoms. The van der Waals surface area contributed by atoms with Crippen molar-refractivity contribution in [3.63, 3.8) is 0 Å². The summed E-state index contributed by atoms with van der Waals surface area (Å²) in [5, 5.41) is 10.4. The molecule has 0 radical (unpaired) electrons. The maximum absolute atomic E-state index is 11.1. The lowest BCUT2D eigenvalue weighted by atomic mass is 9.94. The van der Waals surface area contributed by atoms with E-state index in [1.165, 1.54) is 13.0 Å². The molecule has 1 aromatic carbocycles. The van der Waals surface area contributed by atoms with Crippen molar-refractivity contribution in [2.45, 2.75) is 38.4 Å². The first-order valence-electron chi connectivity index (χ1n) is 7.46. The number of allylic oxidation sites excluding steroid dienone is 2. The molecule has 0 aromatic heterocycles. The Morgan fingerprint density at radius 1 is 1.41 bits per heavy atom. The minimum absolute atomic E-state index is 0.0547. The molecular formula is C17H20O5. The van der Waals surface area contributed by atoms with Gasteiger partial charge in [0.25, 0.3) is 0 Å². The van der Waals surface area contributed by atoms with Gasteiger partial charge < -0.3 is 19.3 Å². The van der Waals surface area contributed by atoms with Gasteiger partial charge in [0.15, 0.2) is 12.1 Å². The molecule has 0 spiro atoms. The summed E-state index contributed by atoms with van der Waals surface area (Å²) in [6.07, 6.45) is 0.149. The van der Waals surface area contributed by atoms with Crippen molar-refractivity contribution in [2.24, 2.45) is 5.92 Å². The zero-order valence-electron chi connectivity index (χ0n) is 12.5. The number of ketones is 1. The van der Waals surface area contributed by atoms with Crippen molar-refractivity contribution in [3.05, 3.63) is 47.7 Å². The van der Waals surface area contributed by atoms with Gasteiger partial charge in [0.05, 0.1) is 13.2 Å². The van der Waals surface area contributed by atoms with Gasteiger partial charge in [0, 0.05) is 18.4 Å². The molecule has 0 amide bonds. The van der Waals surface area contributed by atoms with Crippen LogP contribution in [-0.2, 0) is 25.6 Å². The van der Waals surface area contributed by atoms with Crippen LogP contribution in [0.15, 0.2) is 42.2 Å². The van der Waals surface area contributed by atoms with Gasteiger partial charge in [0.2, 0.25) is 0 Å². The first-order valence-corrected chi connectivity index (χ1v) is 7.46. The predicted molar refractivity (Wildman–Crippen MR) is 78.7 cm³/mol. The second-order valence-corrected chi connectivity index (χ2v) is 5.76. The first-order chi connectivity index (χ1) is 10.6. The second-order valence-electron chi connectivity index (χ2n) is 5.76. The first kappa shape index (κ1) is 15.2. The Hall–Kier alpha value is -1.69. The highest BCUT2D eigenvalue weighted by molar-refractivity contribution is 5.87. The minimum Gasteiger partial charge on any atom is -0.491 e. The standard InChI is InChI=1S/C17H20O5/c1-11(18)7-14-8-13-10-21-17(15(19)16(13)22-14)20-9-12-5-3-2-4-6-12/h2-7,13,15-17,19H,8-10H2,1H3/b14-7-/t13-,15+,16-,17+/m1/s1. The van der Waals surface area contributed by atoms with E-state index < -0.39 is 12.4 Å². The molecule has 2 saturated heterocycles. The SMILES string of the molecule is CC(=O)/C=C1/C[C@@H]2CO[C@H](OCc3ccccc3)[C@@H](O)[C@@H]2O1. The fourth-order valence-electron chi connectivity index (χ4n) is 2.89. The third kappa shape index (κ3) is 3.38. The highest BCUT2D eigenvalue weighted by atomic mass is 16.7. The lowest BCUT2D eigenvalue weighted by Gasteiger charge is -2.35. The molecule has 2 heterocycles. The van der Waals surface area contributed by atoms with Crippen molar-refractivity contribution < 1.29 is 24.1 Å². The summed E-state index contributed by atoms with van der Waals surface area (Å²) in [6.45, 7) is 2.31. The van der Waals surface area contributed by atoms with Crippen LogP contribution in [-0.4, -0.2) is 36.0 Å². The Morgan fingerprint density at radius 3 is 2.91 bits per heavy atom. The average molecular weight is 304 g/mol. The molecule has 5 nitrogen and oxygen atoms in total. The smallest absolute Gasteiger partial charge is 0.187 e. The summed E-state index contributed by atoms with van der Waals surface area (Å²) in [6, 6.07) is 9.72. The lowest BCUT2D eigenvalue weighted by molar-refractivity contribution is -0.255. The average Bonchev–Trinajstić information content (AvgIpc) is 2.90. The number of aliphatic hydroxyl groups is 1. The van der Waals surface area contributed by atoms with Crippen molar-refractivity contribution >= 4 is 5.78 Å². The topological polar surface area (TPSA) is 65.0 Å². The van der Waals surface area contributed by atoms with Crippen molar-refractivity contribution in [3.8, 4) is 0 Å². The van der Waals surface area contributed by atoms with E-state index in [0.29, 0.717) is 25.4 Å². The molecule has 0 saturated carbocycles. The van der Waals surface area contributed by atoms with E-state index in [2.05, 4.69) is 0 Å². The van der Waals surface area contributed by atoms with Crippen LogP contribution in [0.1, 0.15) is 18.9 Å². The molecule has 118 valence electrons. The van der Waals surface area contributed by atoms with E-state index >= 15 is 0 Å². The van der Waals surface area contributed by atoms with Gasteiger partial charge in [-0.05, 0) is 12.5 Å². The number of rotatable bonds is 4. The van der Waals surface area contributed by atoms with Gasteiger partial charge >= 0.3 is 0 Å². The maximum atomic E-state index is 11.1. The number of benzene rings is 1. The maximum Gasteiger partial charge on any atom is 0.187 e. The Kier molecular flexibility index (Phi) is 4.57. The van der Waals surface area contributed by atoms with E-state index in [1.807, 2.05) is 30.3 Å². The number of carbonyl (C=O) groups excluding carboxylic acids is 1. The zero-order chi connectivity index (χ0) is 15.5. The largest absolute Gasteiger partial charge is 0.491 e. The van der Waals surface area contributed by atoms with Gasteiger partial charge in [-0.15, -0.1) is 0 Å². The number of aliphatic hydroxyl groups excluding tert-OH is 1. The molecule has 1 N–H and O–H groups in total. The van der Waals surface area contributed by atoms with Crippen LogP contribution in [0.4, 0.5) is 0 Å². The molecule has 5 heteroatoms. The number of hydrogen-bond donors (Lipinski definition) is 1. The highest BCUT2D eigenvalue weighted by Crippen LogP contribution is 2.36. The van der Waals surface area contributed by atoms with Crippen molar-refractivity contribution in [2.75, 3.05) is 6.61 Å². The highest BCUT2D eigenvalue weighted by Gasteiger charge is 2.46. The van der Waals surface area contributed by atoms with Crippen molar-refractivity contribution in [1.29, 1.82) is 0 Å². The predicted octanol–water partition coefficient (Wildman–Crippen LogP) is 1.80. The molecule has 2 fully saturated rings. The number of carbonyl (C=O) groups is 1. The summed E-state index contributed by atoms with van der Waals surface area (Å²) in [7, 11) is 0. The number of hydrogen-bond acceptors (Lipinski definition) is 5. The van der Waals surface area contributed by atoms with Crippen LogP contribution < -0.4 is 0 Å². The Labute approximate surface area is 129 Å². The number of fused-ring (bicyclic) bond motifs is 1. The molecule has 1 aromatic rings. The van der Waals surface area contributed by atoms with Crippen molar-refractivity contribution in [1.82, 2.24) is 0 Å².